The summed E-state index contributed by atoms with van der Waals surface area (Å²) in [6.45, 7) is 7.24. The van der Waals surface area contributed by atoms with Gasteiger partial charge in [-0.3, -0.25) is 14.5 Å². The molecule has 2 aromatic carbocycles. The predicted molar refractivity (Wildman–Crippen MR) is 114 cm³/mol. The fourth-order valence-corrected chi connectivity index (χ4v) is 4.88. The van der Waals surface area contributed by atoms with Gasteiger partial charge in [0.05, 0.1) is 5.54 Å². The van der Waals surface area contributed by atoms with Crippen LogP contribution in [0.2, 0.25) is 0 Å². The Bertz CT molecular complexity index is 881. The lowest BCUT2D eigenvalue weighted by Crippen LogP contribution is -2.60. The number of hydrogen-bond donors (Lipinski definition) is 1. The Morgan fingerprint density at radius 1 is 1.00 bits per heavy atom. The van der Waals surface area contributed by atoms with Crippen LogP contribution in [0, 0.1) is 5.92 Å². The first kappa shape index (κ1) is 19.6. The average molecular weight is 392 g/mol. The fraction of sp³-hybridized carbons (Fsp3) is 0.417. The Balaban J connectivity index is 1.44. The maximum atomic E-state index is 11.9. The highest BCUT2D eigenvalue weighted by atomic mass is 16.2. The number of hydrogen-bond acceptors (Lipinski definition) is 3. The molecule has 0 spiro atoms. The zero-order valence-corrected chi connectivity index (χ0v) is 17.2. The van der Waals surface area contributed by atoms with Crippen molar-refractivity contribution >= 4 is 11.8 Å². The Hall–Kier alpha value is -2.66. The first-order valence-electron chi connectivity index (χ1n) is 10.4. The molecule has 152 valence electrons. The summed E-state index contributed by atoms with van der Waals surface area (Å²) >= 11 is 0. The summed E-state index contributed by atoms with van der Waals surface area (Å²) in [6, 6.07) is 19.2. The van der Waals surface area contributed by atoms with E-state index in [1.54, 1.807) is 13.8 Å². The average Bonchev–Trinajstić information content (AvgIpc) is 3.07. The third kappa shape index (κ3) is 4.20. The summed E-state index contributed by atoms with van der Waals surface area (Å²) in [6.07, 6.45) is 0.878. The number of nitrogens with one attached hydrogen (secondary N) is 1. The van der Waals surface area contributed by atoms with Gasteiger partial charge in [-0.15, -0.1) is 0 Å². The second-order valence-corrected chi connectivity index (χ2v) is 8.48. The van der Waals surface area contributed by atoms with Crippen LogP contribution in [0.25, 0.3) is 11.1 Å². The predicted octanol–water partition coefficient (Wildman–Crippen LogP) is 2.91. The van der Waals surface area contributed by atoms with Crippen LogP contribution in [-0.2, 0) is 16.1 Å². The molecule has 4 rings (SSSR count). The lowest BCUT2D eigenvalue weighted by Gasteiger charge is -2.43. The minimum absolute atomic E-state index is 0.00893. The third-order valence-electron chi connectivity index (χ3n) is 6.39. The smallest absolute Gasteiger partial charge is 0.219 e. The van der Waals surface area contributed by atoms with Gasteiger partial charge in [0.25, 0.3) is 0 Å². The number of carbonyl (C=O) groups excluding carboxylic acids is 2. The molecule has 2 aliphatic rings. The highest BCUT2D eigenvalue weighted by Crippen LogP contribution is 2.36. The number of nitrogens with zero attached hydrogens (tertiary/aromatic N) is 2. The van der Waals surface area contributed by atoms with E-state index in [-0.39, 0.29) is 23.3 Å². The van der Waals surface area contributed by atoms with E-state index in [1.807, 2.05) is 11.0 Å². The Morgan fingerprint density at radius 3 is 2.34 bits per heavy atom. The molecule has 0 bridgehead atoms. The van der Waals surface area contributed by atoms with E-state index >= 15 is 0 Å². The van der Waals surface area contributed by atoms with Crippen molar-refractivity contribution in [3.63, 3.8) is 0 Å². The van der Waals surface area contributed by atoms with Gasteiger partial charge in [-0.25, -0.2) is 0 Å². The standard InChI is InChI=1S/C24H29N3O2/c1-18(28)25-24-12-13-26(15-23(24)16-27(17-24)19(2)29)14-20-8-10-22(11-9-20)21-6-4-3-5-7-21/h3-11,23H,12-17H2,1-2H3,(H,25,28)/t23-,24-/m1/s1. The number of piperidine rings is 1. The maximum absolute atomic E-state index is 11.9. The molecule has 2 heterocycles. The normalized spacial score (nSPS) is 24.2. The number of likely N-dealkylation sites (tertiary alicyclic amines) is 2. The Kier molecular flexibility index (Phi) is 5.41. The van der Waals surface area contributed by atoms with Crippen molar-refractivity contribution < 1.29 is 9.59 Å². The molecule has 0 aromatic heterocycles. The number of benzene rings is 2. The van der Waals surface area contributed by atoms with Crippen LogP contribution in [0.4, 0.5) is 0 Å². The molecule has 0 aliphatic carbocycles. The molecule has 2 aliphatic heterocycles. The second-order valence-electron chi connectivity index (χ2n) is 8.48. The minimum atomic E-state index is -0.273. The fourth-order valence-electron chi connectivity index (χ4n) is 4.88. The largest absolute Gasteiger partial charge is 0.349 e. The first-order valence-corrected chi connectivity index (χ1v) is 10.4. The van der Waals surface area contributed by atoms with Crippen LogP contribution < -0.4 is 5.32 Å². The molecule has 1 N–H and O–H groups in total. The molecule has 0 radical (unpaired) electrons. The molecule has 2 aromatic rings. The van der Waals surface area contributed by atoms with Crippen molar-refractivity contribution in [3.05, 3.63) is 60.2 Å². The lowest BCUT2D eigenvalue weighted by molar-refractivity contribution is -0.128. The van der Waals surface area contributed by atoms with Gasteiger partial charge in [0.15, 0.2) is 0 Å². The summed E-state index contributed by atoms with van der Waals surface area (Å²) < 4.78 is 0. The molecular formula is C24H29N3O2. The second kappa shape index (κ2) is 7.99. The molecule has 2 atom stereocenters. The highest BCUT2D eigenvalue weighted by molar-refractivity contribution is 5.76. The van der Waals surface area contributed by atoms with E-state index in [0.29, 0.717) is 6.54 Å². The molecule has 29 heavy (non-hydrogen) atoms. The van der Waals surface area contributed by atoms with E-state index in [2.05, 4.69) is 58.7 Å². The molecule has 2 amide bonds. The monoisotopic (exact) mass is 391 g/mol. The van der Waals surface area contributed by atoms with Gasteiger partial charge in [-0.1, -0.05) is 54.6 Å². The van der Waals surface area contributed by atoms with Crippen LogP contribution in [0.1, 0.15) is 25.8 Å². The SMILES string of the molecule is CC(=O)N[C@@]12CCN(Cc3ccc(-c4ccccc4)cc3)C[C@@H]1CN(C(C)=O)C2. The van der Waals surface area contributed by atoms with Gasteiger partial charge in [0.1, 0.15) is 0 Å². The number of carbonyl (C=O) groups is 2. The van der Waals surface area contributed by atoms with Gasteiger partial charge in [-0.05, 0) is 23.1 Å². The van der Waals surface area contributed by atoms with Crippen molar-refractivity contribution in [2.45, 2.75) is 32.4 Å². The first-order chi connectivity index (χ1) is 13.9. The molecule has 0 saturated carbocycles. The van der Waals surface area contributed by atoms with Crippen molar-refractivity contribution in [2.24, 2.45) is 5.92 Å². The van der Waals surface area contributed by atoms with Crippen LogP contribution in [0.15, 0.2) is 54.6 Å². The topological polar surface area (TPSA) is 52.7 Å². The summed E-state index contributed by atoms with van der Waals surface area (Å²) in [5.74, 6) is 0.352. The van der Waals surface area contributed by atoms with Crippen LogP contribution >= 0.6 is 0 Å². The number of rotatable bonds is 4. The highest BCUT2D eigenvalue weighted by Gasteiger charge is 2.50. The minimum Gasteiger partial charge on any atom is -0.349 e. The third-order valence-corrected chi connectivity index (χ3v) is 6.39. The van der Waals surface area contributed by atoms with E-state index in [1.165, 1.54) is 16.7 Å². The van der Waals surface area contributed by atoms with Gasteiger partial charge >= 0.3 is 0 Å². The van der Waals surface area contributed by atoms with E-state index in [9.17, 15) is 9.59 Å². The van der Waals surface area contributed by atoms with Crippen molar-refractivity contribution in [1.29, 1.82) is 0 Å². The van der Waals surface area contributed by atoms with E-state index < -0.39 is 0 Å². The van der Waals surface area contributed by atoms with Gasteiger partial charge in [-0.2, -0.15) is 0 Å². The number of fused-ring (bicyclic) bond motifs is 1. The summed E-state index contributed by atoms with van der Waals surface area (Å²) in [7, 11) is 0. The molecule has 2 fully saturated rings. The Labute approximate surface area is 172 Å². The van der Waals surface area contributed by atoms with Crippen LogP contribution in [-0.4, -0.2) is 53.3 Å². The van der Waals surface area contributed by atoms with Crippen molar-refractivity contribution in [3.8, 4) is 11.1 Å². The maximum Gasteiger partial charge on any atom is 0.219 e. The van der Waals surface area contributed by atoms with E-state index in [0.717, 1.165) is 32.6 Å². The quantitative estimate of drug-likeness (QED) is 0.872. The lowest BCUT2D eigenvalue weighted by atomic mass is 9.80. The van der Waals surface area contributed by atoms with Crippen molar-refractivity contribution in [2.75, 3.05) is 26.2 Å². The Morgan fingerprint density at radius 2 is 1.69 bits per heavy atom. The molecule has 5 nitrogen and oxygen atoms in total. The van der Waals surface area contributed by atoms with Crippen molar-refractivity contribution in [1.82, 2.24) is 15.1 Å². The molecule has 2 saturated heterocycles. The molecule has 5 heteroatoms. The molecular weight excluding hydrogens is 362 g/mol. The van der Waals surface area contributed by atoms with Gasteiger partial charge < -0.3 is 10.2 Å². The zero-order chi connectivity index (χ0) is 20.4. The van der Waals surface area contributed by atoms with Gasteiger partial charge in [0, 0.05) is 52.5 Å². The van der Waals surface area contributed by atoms with Crippen LogP contribution in [0.5, 0.6) is 0 Å². The summed E-state index contributed by atoms with van der Waals surface area (Å²) in [4.78, 5) is 28.1. The van der Waals surface area contributed by atoms with Crippen LogP contribution in [0.3, 0.4) is 0 Å². The number of amides is 2. The molecule has 0 unspecified atom stereocenters. The van der Waals surface area contributed by atoms with Gasteiger partial charge in [0.2, 0.25) is 11.8 Å². The van der Waals surface area contributed by atoms with E-state index in [4.69, 9.17) is 0 Å². The summed E-state index contributed by atoms with van der Waals surface area (Å²) in [5.41, 5.74) is 3.47. The summed E-state index contributed by atoms with van der Waals surface area (Å²) in [5, 5.41) is 3.19. The zero-order valence-electron chi connectivity index (χ0n) is 17.2.